The predicted molar refractivity (Wildman–Crippen MR) is 70.7 cm³/mol. The molecule has 2 N–H and O–H groups in total. The number of aliphatic hydroxyl groups excluding tert-OH is 2. The summed E-state index contributed by atoms with van der Waals surface area (Å²) in [6, 6.07) is 6.69. The third kappa shape index (κ3) is 4.25. The van der Waals surface area contributed by atoms with Crippen LogP contribution in [0.25, 0.3) is 10.4 Å². The maximum absolute atomic E-state index is 9.91. The van der Waals surface area contributed by atoms with Crippen molar-refractivity contribution in [1.82, 2.24) is 0 Å². The lowest BCUT2D eigenvalue weighted by molar-refractivity contribution is 0.0151. The first-order valence-corrected chi connectivity index (χ1v) is 5.64. The van der Waals surface area contributed by atoms with E-state index in [1.54, 1.807) is 24.3 Å². The normalized spacial score (nSPS) is 13.0. The highest BCUT2D eigenvalue weighted by molar-refractivity contribution is 7.78. The van der Waals surface area contributed by atoms with Crippen molar-refractivity contribution in [3.63, 3.8) is 0 Å². The molecule has 0 saturated carbocycles. The van der Waals surface area contributed by atoms with Crippen molar-refractivity contribution in [2.45, 2.75) is 18.6 Å². The van der Waals surface area contributed by atoms with Crippen LogP contribution in [-0.2, 0) is 0 Å². The van der Waals surface area contributed by atoms with Gasteiger partial charge in [-0.05, 0) is 41.9 Å². The third-order valence-electron chi connectivity index (χ3n) is 2.34. The average molecular weight is 264 g/mol. The third-order valence-corrected chi connectivity index (χ3v) is 2.43. The van der Waals surface area contributed by atoms with Gasteiger partial charge in [0.15, 0.2) is 0 Å². The van der Waals surface area contributed by atoms with Gasteiger partial charge in [0.1, 0.15) is 6.10 Å². The van der Waals surface area contributed by atoms with Crippen LogP contribution in [0.4, 0.5) is 5.69 Å². The van der Waals surface area contributed by atoms with Crippen LogP contribution in [0.1, 0.15) is 18.1 Å². The largest absolute Gasteiger partial charge is 0.390 e. The van der Waals surface area contributed by atoms with Crippen molar-refractivity contribution in [2.75, 3.05) is 6.54 Å². The molecule has 0 aromatic heterocycles. The van der Waals surface area contributed by atoms with Gasteiger partial charge in [-0.3, -0.25) is 0 Å². The van der Waals surface area contributed by atoms with Crippen LogP contribution < -0.4 is 0 Å². The van der Waals surface area contributed by atoms with Crippen molar-refractivity contribution in [3.05, 3.63) is 40.3 Å². The molecule has 18 heavy (non-hydrogen) atoms. The summed E-state index contributed by atoms with van der Waals surface area (Å²) in [5.41, 5.74) is 9.20. The lowest BCUT2D eigenvalue weighted by Crippen LogP contribution is -2.19. The Morgan fingerprint density at radius 1 is 1.44 bits per heavy atom. The van der Waals surface area contributed by atoms with Gasteiger partial charge in [-0.2, -0.15) is 4.99 Å². The van der Waals surface area contributed by atoms with E-state index < -0.39 is 12.2 Å². The van der Waals surface area contributed by atoms with E-state index in [0.717, 1.165) is 0 Å². The van der Waals surface area contributed by atoms with Crippen molar-refractivity contribution in [2.24, 2.45) is 10.1 Å². The number of azide groups is 1. The zero-order chi connectivity index (χ0) is 13.4. The molecule has 2 atom stereocenters. The Morgan fingerprint density at radius 2 is 2.22 bits per heavy atom. The van der Waals surface area contributed by atoms with E-state index in [-0.39, 0.29) is 13.0 Å². The van der Waals surface area contributed by atoms with E-state index in [2.05, 4.69) is 32.4 Å². The van der Waals surface area contributed by atoms with Crippen LogP contribution in [0.3, 0.4) is 0 Å². The number of aliphatic hydroxyl groups is 2. The summed E-state index contributed by atoms with van der Waals surface area (Å²) in [4.78, 5) is 6.37. The van der Waals surface area contributed by atoms with Crippen LogP contribution in [0.2, 0.25) is 0 Å². The van der Waals surface area contributed by atoms with E-state index in [9.17, 15) is 10.2 Å². The smallest absolute Gasteiger partial charge is 0.105 e. The first kappa shape index (κ1) is 14.3. The Kier molecular flexibility index (Phi) is 6.00. The van der Waals surface area contributed by atoms with Gasteiger partial charge in [0, 0.05) is 11.5 Å². The Bertz CT molecular complexity index is 496. The fraction of sp³-hybridized carbons (Fsp3) is 0.364. The van der Waals surface area contributed by atoms with E-state index in [4.69, 9.17) is 5.53 Å². The number of aliphatic imine (C=N–C) groups is 1. The van der Waals surface area contributed by atoms with Gasteiger partial charge in [0.2, 0.25) is 0 Å². The van der Waals surface area contributed by atoms with Crippen molar-refractivity contribution in [1.29, 1.82) is 0 Å². The Morgan fingerprint density at radius 3 is 2.89 bits per heavy atom. The highest BCUT2D eigenvalue weighted by atomic mass is 32.1. The second-order valence-corrected chi connectivity index (χ2v) is 3.74. The van der Waals surface area contributed by atoms with E-state index in [0.29, 0.717) is 11.3 Å². The van der Waals surface area contributed by atoms with Gasteiger partial charge in [-0.15, -0.1) is 0 Å². The summed E-state index contributed by atoms with van der Waals surface area (Å²) < 4.78 is 0. The standard InChI is InChI=1S/C11H12N4O2S/c12-15-14-5-4-10(16)11(17)8-2-1-3-9(6-8)13-7-18/h1-3,6,10-11,16-17H,4-5H2. The van der Waals surface area contributed by atoms with Crippen molar-refractivity contribution in [3.8, 4) is 0 Å². The molecule has 94 valence electrons. The molecule has 1 rings (SSSR count). The lowest BCUT2D eigenvalue weighted by Gasteiger charge is -2.17. The molecule has 0 aliphatic rings. The molecule has 0 aliphatic heterocycles. The number of thiocarbonyl (C=S) groups is 1. The predicted octanol–water partition coefficient (Wildman–Crippen LogP) is 2.52. The van der Waals surface area contributed by atoms with Crippen LogP contribution in [-0.4, -0.2) is 28.0 Å². The van der Waals surface area contributed by atoms with Crippen LogP contribution in [0, 0.1) is 0 Å². The minimum absolute atomic E-state index is 0.131. The fourth-order valence-corrected chi connectivity index (χ4v) is 1.55. The van der Waals surface area contributed by atoms with Gasteiger partial charge in [-0.25, -0.2) is 0 Å². The molecule has 1 aromatic carbocycles. The average Bonchev–Trinajstić information content (AvgIpc) is 2.39. The summed E-state index contributed by atoms with van der Waals surface area (Å²) in [7, 11) is 0. The molecule has 0 fully saturated rings. The summed E-state index contributed by atoms with van der Waals surface area (Å²) in [6.07, 6.45) is -1.87. The SMILES string of the molecule is [N-]=[N+]=NCCC(O)C(O)c1cccc(N=C=S)c1. The van der Waals surface area contributed by atoms with E-state index in [1.807, 2.05) is 0 Å². The van der Waals surface area contributed by atoms with Gasteiger partial charge in [-0.1, -0.05) is 17.2 Å². The van der Waals surface area contributed by atoms with Crippen molar-refractivity contribution >= 4 is 23.1 Å². The minimum atomic E-state index is -1.06. The van der Waals surface area contributed by atoms with Gasteiger partial charge < -0.3 is 10.2 Å². The van der Waals surface area contributed by atoms with Gasteiger partial charge in [0.05, 0.1) is 17.0 Å². The molecule has 0 spiro atoms. The topological polar surface area (TPSA) is 102 Å². The Hall–Kier alpha value is -1.75. The Balaban J connectivity index is 2.75. The summed E-state index contributed by atoms with van der Waals surface area (Å²) in [5, 5.41) is 25.2. The molecule has 2 unspecified atom stereocenters. The molecule has 1 aromatic rings. The highest BCUT2D eigenvalue weighted by Crippen LogP contribution is 2.23. The molecule has 0 heterocycles. The number of isothiocyanates is 1. The van der Waals surface area contributed by atoms with Gasteiger partial charge in [0.25, 0.3) is 0 Å². The van der Waals surface area contributed by atoms with E-state index in [1.165, 1.54) is 0 Å². The van der Waals surface area contributed by atoms with Crippen LogP contribution >= 0.6 is 12.2 Å². The molecule has 0 amide bonds. The molecule has 0 saturated heterocycles. The summed E-state index contributed by atoms with van der Waals surface area (Å²) >= 11 is 4.49. The molecule has 0 radical (unpaired) electrons. The molecule has 0 aliphatic carbocycles. The minimum Gasteiger partial charge on any atom is -0.390 e. The number of nitrogens with zero attached hydrogens (tertiary/aromatic N) is 4. The maximum atomic E-state index is 9.91. The molecular formula is C11H12N4O2S. The summed E-state index contributed by atoms with van der Waals surface area (Å²) in [5.74, 6) is 0. The number of benzene rings is 1. The zero-order valence-electron chi connectivity index (χ0n) is 9.47. The number of hydrogen-bond acceptors (Lipinski definition) is 5. The quantitative estimate of drug-likeness (QED) is 0.271. The van der Waals surface area contributed by atoms with Crippen molar-refractivity contribution < 1.29 is 10.2 Å². The summed E-state index contributed by atoms with van der Waals surface area (Å²) in [6.45, 7) is 0.131. The van der Waals surface area contributed by atoms with Crippen LogP contribution in [0.15, 0.2) is 34.4 Å². The number of hydrogen-bond donors (Lipinski definition) is 2. The number of rotatable bonds is 6. The fourth-order valence-electron chi connectivity index (χ4n) is 1.45. The molecule has 7 heteroatoms. The highest BCUT2D eigenvalue weighted by Gasteiger charge is 2.17. The van der Waals surface area contributed by atoms with Crippen LogP contribution in [0.5, 0.6) is 0 Å². The van der Waals surface area contributed by atoms with E-state index >= 15 is 0 Å². The second-order valence-electron chi connectivity index (χ2n) is 3.55. The van der Waals surface area contributed by atoms with Gasteiger partial charge >= 0.3 is 0 Å². The molecule has 0 bridgehead atoms. The maximum Gasteiger partial charge on any atom is 0.105 e. The monoisotopic (exact) mass is 264 g/mol. The second kappa shape index (κ2) is 7.55. The Labute approximate surface area is 109 Å². The first-order valence-electron chi connectivity index (χ1n) is 5.24. The first-order chi connectivity index (χ1) is 8.69. The molecule has 6 nitrogen and oxygen atoms in total. The molecular weight excluding hydrogens is 252 g/mol. The zero-order valence-corrected chi connectivity index (χ0v) is 10.3. The lowest BCUT2D eigenvalue weighted by atomic mass is 10.0.